The van der Waals surface area contributed by atoms with E-state index in [1.165, 1.54) is 11.2 Å². The lowest BCUT2D eigenvalue weighted by Crippen LogP contribution is -2.41. The molecule has 8 nitrogen and oxygen atoms in total. The second kappa shape index (κ2) is 8.11. The zero-order valence-electron chi connectivity index (χ0n) is 14.3. The number of carbonyl (C=O) groups is 1. The number of rotatable bonds is 6. The number of ether oxygens (including phenoxy) is 1. The summed E-state index contributed by atoms with van der Waals surface area (Å²) in [5.74, 6) is 0.569. The smallest absolute Gasteiger partial charge is 0.272 e. The van der Waals surface area contributed by atoms with Crippen molar-refractivity contribution < 1.29 is 17.9 Å². The number of piperidine rings is 1. The highest BCUT2D eigenvalue weighted by atomic mass is 32.2. The molecule has 1 saturated heterocycles. The van der Waals surface area contributed by atoms with Gasteiger partial charge < -0.3 is 10.1 Å². The molecule has 1 aromatic heterocycles. The fourth-order valence-electron chi connectivity index (χ4n) is 2.74. The second-order valence-electron chi connectivity index (χ2n) is 6.05. The molecular weight excluding hydrogens is 376 g/mol. The monoisotopic (exact) mass is 396 g/mol. The Kier molecular flexibility index (Phi) is 5.84. The maximum Gasteiger partial charge on any atom is 0.272 e. The highest BCUT2D eigenvalue weighted by molar-refractivity contribution is 7.91. The quantitative estimate of drug-likeness (QED) is 0.749. The van der Waals surface area contributed by atoms with Gasteiger partial charge in [-0.15, -0.1) is 10.2 Å². The molecule has 0 bridgehead atoms. The molecule has 1 amide bonds. The summed E-state index contributed by atoms with van der Waals surface area (Å²) in [6, 6.07) is 9.47. The van der Waals surface area contributed by atoms with Crippen molar-refractivity contribution in [1.82, 2.24) is 14.5 Å². The number of hydrogen-bond donors (Lipinski definition) is 1. The van der Waals surface area contributed by atoms with Gasteiger partial charge in [0, 0.05) is 25.9 Å². The second-order valence-corrected chi connectivity index (χ2v) is 9.14. The van der Waals surface area contributed by atoms with E-state index in [1.807, 2.05) is 30.3 Å². The van der Waals surface area contributed by atoms with Gasteiger partial charge in [0.1, 0.15) is 5.75 Å². The maximum atomic E-state index is 12.8. The van der Waals surface area contributed by atoms with Gasteiger partial charge in [-0.2, -0.15) is 4.31 Å². The average Bonchev–Trinajstić information content (AvgIpc) is 3.10. The molecule has 26 heavy (non-hydrogen) atoms. The summed E-state index contributed by atoms with van der Waals surface area (Å²) in [7, 11) is -3.72. The van der Waals surface area contributed by atoms with Gasteiger partial charge >= 0.3 is 0 Å². The Hall–Kier alpha value is -2.04. The van der Waals surface area contributed by atoms with Crippen molar-refractivity contribution in [1.29, 1.82) is 0 Å². The van der Waals surface area contributed by atoms with E-state index in [0.717, 1.165) is 29.9 Å². The Morgan fingerprint density at radius 3 is 2.85 bits per heavy atom. The van der Waals surface area contributed by atoms with Crippen LogP contribution in [0.15, 0.2) is 34.7 Å². The van der Waals surface area contributed by atoms with E-state index in [2.05, 4.69) is 15.5 Å². The Morgan fingerprint density at radius 1 is 1.35 bits per heavy atom. The fraction of sp³-hybridized carbons (Fsp3) is 0.438. The largest absolute Gasteiger partial charge is 0.493 e. The van der Waals surface area contributed by atoms with Crippen molar-refractivity contribution in [3.8, 4) is 5.75 Å². The van der Waals surface area contributed by atoms with Gasteiger partial charge in [-0.05, 0) is 25.0 Å². The first kappa shape index (κ1) is 18.7. The SMILES string of the molecule is CC(=O)Nc1nnc(S(=O)(=O)N2CCCC(COc3ccccc3)C2)s1. The Morgan fingerprint density at radius 2 is 2.12 bits per heavy atom. The van der Waals surface area contributed by atoms with Gasteiger partial charge in [0.15, 0.2) is 0 Å². The number of aromatic nitrogens is 2. The third kappa shape index (κ3) is 4.57. The summed E-state index contributed by atoms with van der Waals surface area (Å²) in [4.78, 5) is 11.1. The summed E-state index contributed by atoms with van der Waals surface area (Å²) >= 11 is 0.858. The van der Waals surface area contributed by atoms with Crippen molar-refractivity contribution in [3.05, 3.63) is 30.3 Å². The molecule has 3 rings (SSSR count). The van der Waals surface area contributed by atoms with E-state index >= 15 is 0 Å². The Bertz CT molecular complexity index is 854. The summed E-state index contributed by atoms with van der Waals surface area (Å²) in [5, 5.41) is 10.1. The van der Waals surface area contributed by atoms with Gasteiger partial charge in [-0.25, -0.2) is 8.42 Å². The minimum absolute atomic E-state index is 0.106. The minimum Gasteiger partial charge on any atom is -0.493 e. The van der Waals surface area contributed by atoms with Gasteiger partial charge in [0.2, 0.25) is 15.4 Å². The predicted octanol–water partition coefficient (Wildman–Crippen LogP) is 1.98. The summed E-state index contributed by atoms with van der Waals surface area (Å²) in [6.45, 7) is 2.62. The lowest BCUT2D eigenvalue weighted by atomic mass is 10.0. The lowest BCUT2D eigenvalue weighted by molar-refractivity contribution is -0.114. The standard InChI is InChI=1S/C16H20N4O4S2/c1-12(21)17-15-18-19-16(25-15)26(22,23)20-9-5-6-13(10-20)11-24-14-7-3-2-4-8-14/h2-4,7-8,13H,5-6,9-11H2,1H3,(H,17,18,21). The number of benzene rings is 1. The number of carbonyl (C=O) groups excluding carboxylic acids is 1. The summed E-state index contributed by atoms with van der Waals surface area (Å²) < 4.78 is 32.7. The number of nitrogens with one attached hydrogen (secondary N) is 1. The van der Waals surface area contributed by atoms with Crippen LogP contribution in [0.5, 0.6) is 5.75 Å². The van der Waals surface area contributed by atoms with Crippen LogP contribution in [-0.2, 0) is 14.8 Å². The number of anilines is 1. The molecule has 1 unspecified atom stereocenters. The molecule has 1 atom stereocenters. The third-order valence-electron chi connectivity index (χ3n) is 3.96. The Labute approximate surface area is 156 Å². The van der Waals surface area contributed by atoms with Crippen LogP contribution < -0.4 is 10.1 Å². The number of amides is 1. The molecule has 0 spiro atoms. The predicted molar refractivity (Wildman–Crippen MR) is 97.6 cm³/mol. The number of para-hydroxylation sites is 1. The van der Waals surface area contributed by atoms with Crippen LogP contribution in [0, 0.1) is 5.92 Å². The van der Waals surface area contributed by atoms with Gasteiger partial charge in [0.05, 0.1) is 6.61 Å². The summed E-state index contributed by atoms with van der Waals surface area (Å²) in [6.07, 6.45) is 1.67. The molecule has 1 fully saturated rings. The number of hydrogen-bond acceptors (Lipinski definition) is 7. The fourth-order valence-corrected chi connectivity index (χ4v) is 5.38. The molecule has 2 aromatic rings. The molecule has 1 aromatic carbocycles. The van der Waals surface area contributed by atoms with Gasteiger partial charge in [-0.1, -0.05) is 29.5 Å². The van der Waals surface area contributed by atoms with E-state index in [0.29, 0.717) is 19.7 Å². The zero-order valence-corrected chi connectivity index (χ0v) is 15.9. The van der Waals surface area contributed by atoms with Crippen LogP contribution in [0.25, 0.3) is 0 Å². The zero-order chi connectivity index (χ0) is 18.6. The number of nitrogens with zero attached hydrogens (tertiary/aromatic N) is 3. The highest BCUT2D eigenvalue weighted by Crippen LogP contribution is 2.27. The van der Waals surface area contributed by atoms with Gasteiger partial charge in [0.25, 0.3) is 10.0 Å². The van der Waals surface area contributed by atoms with Crippen LogP contribution in [0.3, 0.4) is 0 Å². The summed E-state index contributed by atoms with van der Waals surface area (Å²) in [5.41, 5.74) is 0. The van der Waals surface area contributed by atoms with Crippen molar-refractivity contribution in [2.75, 3.05) is 25.0 Å². The first-order chi connectivity index (χ1) is 12.4. The van der Waals surface area contributed by atoms with E-state index in [9.17, 15) is 13.2 Å². The van der Waals surface area contributed by atoms with E-state index in [1.54, 1.807) is 0 Å². The average molecular weight is 396 g/mol. The first-order valence-electron chi connectivity index (χ1n) is 8.24. The molecule has 140 valence electrons. The molecule has 2 heterocycles. The van der Waals surface area contributed by atoms with Crippen LogP contribution in [0.1, 0.15) is 19.8 Å². The van der Waals surface area contributed by atoms with E-state index in [-0.39, 0.29) is 21.3 Å². The van der Waals surface area contributed by atoms with Crippen LogP contribution in [-0.4, -0.2) is 48.5 Å². The molecule has 10 heteroatoms. The maximum absolute atomic E-state index is 12.8. The highest BCUT2D eigenvalue weighted by Gasteiger charge is 2.33. The third-order valence-corrected chi connectivity index (χ3v) is 7.01. The molecule has 0 radical (unpaired) electrons. The first-order valence-corrected chi connectivity index (χ1v) is 10.5. The molecule has 0 saturated carbocycles. The van der Waals surface area contributed by atoms with Crippen LogP contribution in [0.2, 0.25) is 0 Å². The topological polar surface area (TPSA) is 101 Å². The van der Waals surface area contributed by atoms with Crippen molar-refractivity contribution in [3.63, 3.8) is 0 Å². The molecule has 1 aliphatic rings. The molecule has 1 aliphatic heterocycles. The van der Waals surface area contributed by atoms with E-state index in [4.69, 9.17) is 4.74 Å². The Balaban J connectivity index is 1.64. The molecule has 1 N–H and O–H groups in total. The van der Waals surface area contributed by atoms with Crippen molar-refractivity contribution >= 4 is 32.4 Å². The minimum atomic E-state index is -3.72. The van der Waals surface area contributed by atoms with Gasteiger partial charge in [-0.3, -0.25) is 4.79 Å². The normalized spacial score (nSPS) is 18.4. The lowest BCUT2D eigenvalue weighted by Gasteiger charge is -2.30. The van der Waals surface area contributed by atoms with E-state index < -0.39 is 10.0 Å². The van der Waals surface area contributed by atoms with Crippen LogP contribution >= 0.6 is 11.3 Å². The number of sulfonamides is 1. The van der Waals surface area contributed by atoms with Crippen molar-refractivity contribution in [2.45, 2.75) is 24.1 Å². The molecular formula is C16H20N4O4S2. The molecule has 0 aliphatic carbocycles. The van der Waals surface area contributed by atoms with Crippen LogP contribution in [0.4, 0.5) is 5.13 Å². The van der Waals surface area contributed by atoms with Crippen molar-refractivity contribution in [2.24, 2.45) is 5.92 Å².